The summed E-state index contributed by atoms with van der Waals surface area (Å²) in [5.41, 5.74) is 0.812. The van der Waals surface area contributed by atoms with E-state index in [1.165, 1.54) is 0 Å². The molecule has 1 aromatic carbocycles. The lowest BCUT2D eigenvalue weighted by Crippen LogP contribution is -2.26. The maximum absolute atomic E-state index is 11.1. The Bertz CT molecular complexity index is 711. The molecule has 1 N–H and O–H groups in total. The van der Waals surface area contributed by atoms with Gasteiger partial charge in [-0.25, -0.2) is 9.67 Å². The summed E-state index contributed by atoms with van der Waals surface area (Å²) in [7, 11) is 3.15. The van der Waals surface area contributed by atoms with E-state index in [2.05, 4.69) is 10.1 Å². The van der Waals surface area contributed by atoms with Crippen molar-refractivity contribution >= 4 is 5.97 Å². The Morgan fingerprint density at radius 1 is 1.32 bits per heavy atom. The fourth-order valence-corrected chi connectivity index (χ4v) is 2.61. The molecule has 3 rings (SSSR count). The molecule has 0 spiro atoms. The number of aliphatic carboxylic acids is 1. The van der Waals surface area contributed by atoms with Crippen LogP contribution in [0.3, 0.4) is 0 Å². The van der Waals surface area contributed by atoms with Crippen LogP contribution < -0.4 is 9.47 Å². The highest BCUT2D eigenvalue weighted by atomic mass is 16.5. The first-order chi connectivity index (χ1) is 10.6. The maximum atomic E-state index is 11.1. The average Bonchev–Trinajstić information content (AvgIpc) is 2.97. The van der Waals surface area contributed by atoms with Gasteiger partial charge in [0, 0.05) is 18.5 Å². The van der Waals surface area contributed by atoms with Crippen molar-refractivity contribution in [3.8, 4) is 22.9 Å². The lowest BCUT2D eigenvalue weighted by Gasteiger charge is -2.17. The topological polar surface area (TPSA) is 86.5 Å². The van der Waals surface area contributed by atoms with Crippen LogP contribution in [0.2, 0.25) is 0 Å². The summed E-state index contributed by atoms with van der Waals surface area (Å²) >= 11 is 0. The number of aromatic nitrogens is 3. The largest absolute Gasteiger partial charge is 0.493 e. The zero-order valence-electron chi connectivity index (χ0n) is 12.4. The quantitative estimate of drug-likeness (QED) is 0.923. The van der Waals surface area contributed by atoms with Gasteiger partial charge in [0.2, 0.25) is 0 Å². The molecule has 0 radical (unpaired) electrons. The molecule has 1 aliphatic heterocycles. The van der Waals surface area contributed by atoms with E-state index in [-0.39, 0.29) is 5.92 Å². The van der Waals surface area contributed by atoms with Crippen molar-refractivity contribution in [2.45, 2.75) is 19.4 Å². The van der Waals surface area contributed by atoms with E-state index in [0.717, 1.165) is 5.56 Å². The Kier molecular flexibility index (Phi) is 3.70. The van der Waals surface area contributed by atoms with Crippen molar-refractivity contribution in [2.24, 2.45) is 5.92 Å². The fourth-order valence-electron chi connectivity index (χ4n) is 2.61. The van der Waals surface area contributed by atoms with Gasteiger partial charge in [0.25, 0.3) is 0 Å². The number of benzene rings is 1. The number of carbonyl (C=O) groups is 1. The smallest absolute Gasteiger partial charge is 0.307 e. The highest BCUT2D eigenvalue weighted by Crippen LogP contribution is 2.31. The van der Waals surface area contributed by atoms with Gasteiger partial charge in [0.15, 0.2) is 17.3 Å². The van der Waals surface area contributed by atoms with Crippen LogP contribution >= 0.6 is 0 Å². The lowest BCUT2D eigenvalue weighted by molar-refractivity contribution is -0.142. The minimum atomic E-state index is -0.776. The second-order valence-corrected chi connectivity index (χ2v) is 5.17. The molecule has 0 amide bonds. The fraction of sp³-hybridized carbons (Fsp3) is 0.400. The minimum absolute atomic E-state index is 0.380. The first-order valence-corrected chi connectivity index (χ1v) is 7.01. The third-order valence-electron chi connectivity index (χ3n) is 3.86. The van der Waals surface area contributed by atoms with Gasteiger partial charge in [0.1, 0.15) is 5.82 Å². The summed E-state index contributed by atoms with van der Waals surface area (Å²) in [6.07, 6.45) is 0.993. The van der Waals surface area contributed by atoms with Crippen molar-refractivity contribution in [3.63, 3.8) is 0 Å². The van der Waals surface area contributed by atoms with Crippen LogP contribution in [0.25, 0.3) is 11.4 Å². The Morgan fingerprint density at radius 2 is 2.09 bits per heavy atom. The maximum Gasteiger partial charge on any atom is 0.307 e. The van der Waals surface area contributed by atoms with Crippen molar-refractivity contribution in [2.75, 3.05) is 14.2 Å². The molecule has 116 valence electrons. The third kappa shape index (κ3) is 2.49. The van der Waals surface area contributed by atoms with Gasteiger partial charge in [-0.3, -0.25) is 4.79 Å². The predicted molar refractivity (Wildman–Crippen MR) is 78.0 cm³/mol. The van der Waals surface area contributed by atoms with E-state index in [0.29, 0.717) is 42.5 Å². The predicted octanol–water partition coefficient (Wildman–Crippen LogP) is 1.61. The first kappa shape index (κ1) is 14.4. The van der Waals surface area contributed by atoms with E-state index in [9.17, 15) is 4.79 Å². The van der Waals surface area contributed by atoms with Crippen LogP contribution in [0.15, 0.2) is 18.2 Å². The van der Waals surface area contributed by atoms with E-state index >= 15 is 0 Å². The average molecular weight is 303 g/mol. The molecule has 1 atom stereocenters. The first-order valence-electron chi connectivity index (χ1n) is 7.01. The molecule has 0 bridgehead atoms. The third-order valence-corrected chi connectivity index (χ3v) is 3.86. The molecule has 0 aliphatic carbocycles. The molecule has 2 aromatic rings. The van der Waals surface area contributed by atoms with Crippen molar-refractivity contribution in [3.05, 3.63) is 24.0 Å². The van der Waals surface area contributed by atoms with Gasteiger partial charge < -0.3 is 14.6 Å². The van der Waals surface area contributed by atoms with Gasteiger partial charge in [0.05, 0.1) is 20.1 Å². The molecule has 7 heteroatoms. The van der Waals surface area contributed by atoms with Gasteiger partial charge in [-0.2, -0.15) is 5.10 Å². The molecule has 0 saturated carbocycles. The molecule has 1 aliphatic rings. The summed E-state index contributed by atoms with van der Waals surface area (Å²) in [5, 5.41) is 13.6. The Hall–Kier alpha value is -2.57. The number of ether oxygens (including phenoxy) is 2. The number of nitrogens with zero attached hydrogens (tertiary/aromatic N) is 3. The molecule has 1 aromatic heterocycles. The van der Waals surface area contributed by atoms with E-state index in [4.69, 9.17) is 14.6 Å². The van der Waals surface area contributed by atoms with Crippen LogP contribution in [0.1, 0.15) is 12.2 Å². The van der Waals surface area contributed by atoms with E-state index < -0.39 is 5.97 Å². The number of carboxylic acid groups (broad SMARTS) is 1. The Morgan fingerprint density at radius 3 is 2.77 bits per heavy atom. The zero-order chi connectivity index (χ0) is 15.7. The summed E-state index contributed by atoms with van der Waals surface area (Å²) in [6.45, 7) is 0.576. The molecule has 7 nitrogen and oxygen atoms in total. The molecule has 0 saturated heterocycles. The van der Waals surface area contributed by atoms with Crippen LogP contribution in [-0.2, 0) is 17.8 Å². The number of hydrogen-bond acceptors (Lipinski definition) is 5. The molecule has 0 fully saturated rings. The molecule has 2 heterocycles. The number of aryl methyl sites for hydroxylation is 1. The normalized spacial score (nSPS) is 16.9. The minimum Gasteiger partial charge on any atom is -0.493 e. The SMILES string of the molecule is COc1ccc(-c2nc3n(n2)CCC(C(=O)O)C3)cc1OC. The Balaban J connectivity index is 1.93. The monoisotopic (exact) mass is 303 g/mol. The van der Waals surface area contributed by atoms with Gasteiger partial charge in [-0.15, -0.1) is 0 Å². The summed E-state index contributed by atoms with van der Waals surface area (Å²) in [6, 6.07) is 5.47. The molecular weight excluding hydrogens is 286 g/mol. The standard InChI is InChI=1S/C15H17N3O4/c1-21-11-4-3-9(7-12(11)22-2)14-16-13-8-10(15(19)20)5-6-18(13)17-14/h3-4,7,10H,5-6,8H2,1-2H3,(H,19,20). The van der Waals surface area contributed by atoms with Gasteiger partial charge >= 0.3 is 5.97 Å². The second kappa shape index (κ2) is 5.67. The Labute approximate surface area is 127 Å². The highest BCUT2D eigenvalue weighted by molar-refractivity contribution is 5.70. The second-order valence-electron chi connectivity index (χ2n) is 5.17. The number of methoxy groups -OCH3 is 2. The van der Waals surface area contributed by atoms with Crippen molar-refractivity contribution in [1.82, 2.24) is 14.8 Å². The highest BCUT2D eigenvalue weighted by Gasteiger charge is 2.27. The van der Waals surface area contributed by atoms with Gasteiger partial charge in [-0.05, 0) is 24.6 Å². The van der Waals surface area contributed by atoms with E-state index in [1.807, 2.05) is 12.1 Å². The van der Waals surface area contributed by atoms with Crippen molar-refractivity contribution in [1.29, 1.82) is 0 Å². The molecule has 1 unspecified atom stereocenters. The van der Waals surface area contributed by atoms with Crippen molar-refractivity contribution < 1.29 is 19.4 Å². The van der Waals surface area contributed by atoms with Gasteiger partial charge in [-0.1, -0.05) is 0 Å². The van der Waals surface area contributed by atoms with E-state index in [1.54, 1.807) is 25.0 Å². The summed E-state index contributed by atoms with van der Waals surface area (Å²) < 4.78 is 12.3. The summed E-state index contributed by atoms with van der Waals surface area (Å²) in [5.74, 6) is 1.37. The van der Waals surface area contributed by atoms with Crippen LogP contribution in [-0.4, -0.2) is 40.1 Å². The zero-order valence-corrected chi connectivity index (χ0v) is 12.4. The molecular formula is C15H17N3O4. The lowest BCUT2D eigenvalue weighted by atomic mass is 9.98. The van der Waals surface area contributed by atoms with Crippen LogP contribution in [0, 0.1) is 5.92 Å². The number of rotatable bonds is 4. The van der Waals surface area contributed by atoms with Crippen LogP contribution in [0.4, 0.5) is 0 Å². The summed E-state index contributed by atoms with van der Waals surface area (Å²) in [4.78, 5) is 15.6. The van der Waals surface area contributed by atoms with Crippen LogP contribution in [0.5, 0.6) is 11.5 Å². The molecule has 22 heavy (non-hydrogen) atoms. The number of carboxylic acids is 1. The number of fused-ring (bicyclic) bond motifs is 1. The number of hydrogen-bond donors (Lipinski definition) is 1.